The van der Waals surface area contributed by atoms with E-state index in [2.05, 4.69) is 13.8 Å². The molecule has 0 aromatic heterocycles. The molecule has 2 aromatic rings. The van der Waals surface area contributed by atoms with Gasteiger partial charge in [-0.15, -0.1) is 0 Å². The molecule has 0 atom stereocenters. The van der Waals surface area contributed by atoms with E-state index in [4.69, 9.17) is 18.3 Å². The second kappa shape index (κ2) is 8.98. The van der Waals surface area contributed by atoms with Crippen LogP contribution in [0.25, 0.3) is 11.1 Å². The lowest BCUT2D eigenvalue weighted by Crippen LogP contribution is -2.29. The Bertz CT molecular complexity index is 1010. The van der Waals surface area contributed by atoms with Crippen molar-refractivity contribution in [1.82, 2.24) is 0 Å². The molecule has 2 aromatic carbocycles. The van der Waals surface area contributed by atoms with Crippen LogP contribution in [0.1, 0.15) is 66.5 Å². The van der Waals surface area contributed by atoms with Crippen LogP contribution in [-0.4, -0.2) is 30.5 Å². The van der Waals surface area contributed by atoms with Gasteiger partial charge in [-0.3, -0.25) is 0 Å². The Morgan fingerprint density at radius 1 is 0.848 bits per heavy atom. The topological polar surface area (TPSA) is 77.4 Å². The molecule has 7 heteroatoms. The van der Waals surface area contributed by atoms with E-state index in [1.807, 2.05) is 47.6 Å². The lowest BCUT2D eigenvalue weighted by Gasteiger charge is -2.34. The average molecular weight is 477 g/mol. The summed E-state index contributed by atoms with van der Waals surface area (Å²) >= 11 is 0. The van der Waals surface area contributed by atoms with Crippen LogP contribution in [0, 0.1) is 5.41 Å². The number of phenols is 2. The molecule has 1 fully saturated rings. The van der Waals surface area contributed by atoms with Crippen LogP contribution in [0.3, 0.4) is 0 Å². The number of ether oxygens (including phenoxy) is 1. The molecule has 1 aliphatic rings. The Labute approximate surface area is 198 Å². The minimum Gasteiger partial charge on any atom is -0.508 e. The highest BCUT2D eigenvalue weighted by Crippen LogP contribution is 2.54. The highest BCUT2D eigenvalue weighted by atomic mass is 31.2. The number of phenolic OH excluding ortho intramolecular Hbond substituents is 2. The average Bonchev–Trinajstić information content (AvgIpc) is 2.69. The molecule has 33 heavy (non-hydrogen) atoms. The number of hydrogen-bond donors (Lipinski definition) is 2. The molecule has 1 saturated heterocycles. The van der Waals surface area contributed by atoms with Gasteiger partial charge in [0.15, 0.2) is 0 Å². The summed E-state index contributed by atoms with van der Waals surface area (Å²) in [7, 11) is -0.0367. The summed E-state index contributed by atoms with van der Waals surface area (Å²) in [6, 6.07) is 6.91. The zero-order valence-corrected chi connectivity index (χ0v) is 22.1. The van der Waals surface area contributed by atoms with E-state index in [0.717, 1.165) is 11.1 Å². The highest BCUT2D eigenvalue weighted by molar-refractivity contribution is 7.42. The Morgan fingerprint density at radius 2 is 1.42 bits per heavy atom. The van der Waals surface area contributed by atoms with E-state index < -0.39 is 8.60 Å². The van der Waals surface area contributed by atoms with Gasteiger partial charge in [0.2, 0.25) is 0 Å². The number of rotatable bonds is 4. The van der Waals surface area contributed by atoms with Gasteiger partial charge in [0.05, 0.1) is 20.3 Å². The van der Waals surface area contributed by atoms with E-state index in [1.165, 1.54) is 0 Å². The van der Waals surface area contributed by atoms with Crippen LogP contribution < -0.4 is 9.26 Å². The summed E-state index contributed by atoms with van der Waals surface area (Å²) in [6.07, 6.45) is 0. The molecular formula is C26H37O6P. The molecule has 1 aliphatic heterocycles. The zero-order chi connectivity index (χ0) is 24.8. The number of benzene rings is 2. The van der Waals surface area contributed by atoms with E-state index in [1.54, 1.807) is 25.3 Å². The quantitative estimate of drug-likeness (QED) is 0.461. The van der Waals surface area contributed by atoms with Crippen LogP contribution >= 0.6 is 8.60 Å². The smallest absolute Gasteiger partial charge is 0.397 e. The van der Waals surface area contributed by atoms with Gasteiger partial charge in [0.25, 0.3) is 0 Å². The second-order valence-corrected chi connectivity index (χ2v) is 12.6. The van der Waals surface area contributed by atoms with Gasteiger partial charge in [-0.1, -0.05) is 55.4 Å². The minimum atomic E-state index is -1.63. The van der Waals surface area contributed by atoms with Crippen LogP contribution in [0.5, 0.6) is 23.0 Å². The fourth-order valence-corrected chi connectivity index (χ4v) is 5.07. The minimum absolute atomic E-state index is 0.0838. The van der Waals surface area contributed by atoms with Crippen molar-refractivity contribution in [3.05, 3.63) is 35.4 Å². The van der Waals surface area contributed by atoms with Crippen LogP contribution in [0.2, 0.25) is 0 Å². The molecule has 6 nitrogen and oxygen atoms in total. The summed E-state index contributed by atoms with van der Waals surface area (Å²) in [4.78, 5) is 0. The third-order valence-electron chi connectivity index (χ3n) is 5.59. The first kappa shape index (κ1) is 25.6. The lowest BCUT2D eigenvalue weighted by molar-refractivity contribution is 0.0425. The molecule has 2 N–H and O–H groups in total. The molecule has 0 radical (unpaired) electrons. The van der Waals surface area contributed by atoms with Crippen molar-refractivity contribution < 1.29 is 28.5 Å². The maximum Gasteiger partial charge on any atom is 0.397 e. The fraction of sp³-hybridized carbons (Fsp3) is 0.538. The van der Waals surface area contributed by atoms with Gasteiger partial charge in [0, 0.05) is 27.7 Å². The van der Waals surface area contributed by atoms with Crippen molar-refractivity contribution in [3.8, 4) is 34.1 Å². The Balaban J connectivity index is 2.23. The van der Waals surface area contributed by atoms with Gasteiger partial charge >= 0.3 is 8.60 Å². The van der Waals surface area contributed by atoms with E-state index in [9.17, 15) is 10.2 Å². The molecule has 0 unspecified atom stereocenters. The van der Waals surface area contributed by atoms with Crippen molar-refractivity contribution in [2.45, 2.75) is 66.2 Å². The summed E-state index contributed by atoms with van der Waals surface area (Å²) in [5, 5.41) is 22.0. The molecule has 0 saturated carbocycles. The molecule has 3 rings (SSSR count). The molecule has 0 spiro atoms. The Hall–Kier alpha value is -2.01. The van der Waals surface area contributed by atoms with Crippen LogP contribution in [-0.2, 0) is 19.9 Å². The van der Waals surface area contributed by atoms with Crippen LogP contribution in [0.4, 0.5) is 0 Å². The molecule has 0 aliphatic carbocycles. The van der Waals surface area contributed by atoms with Crippen molar-refractivity contribution in [2.75, 3.05) is 20.3 Å². The monoisotopic (exact) mass is 476 g/mol. The summed E-state index contributed by atoms with van der Waals surface area (Å²) < 4.78 is 23.7. The fourth-order valence-electron chi connectivity index (χ4n) is 3.63. The maximum atomic E-state index is 11.3. The van der Waals surface area contributed by atoms with E-state index in [0.29, 0.717) is 35.8 Å². The summed E-state index contributed by atoms with van der Waals surface area (Å²) in [6.45, 7) is 17.4. The van der Waals surface area contributed by atoms with Crippen molar-refractivity contribution in [2.24, 2.45) is 5.41 Å². The normalized spacial score (nSPS) is 17.1. The van der Waals surface area contributed by atoms with Crippen molar-refractivity contribution in [3.63, 3.8) is 0 Å². The van der Waals surface area contributed by atoms with E-state index in [-0.39, 0.29) is 27.7 Å². The SMILES string of the molecule is COc1cc(-c2cc(O)cc(C(C)(C)C)c2OP2OCC(C)(C)CO2)c(O)c(C(C)(C)C)c1. The Kier molecular flexibility index (Phi) is 6.97. The van der Waals surface area contributed by atoms with Crippen molar-refractivity contribution >= 4 is 8.60 Å². The number of methoxy groups -OCH3 is 1. The first-order valence-electron chi connectivity index (χ1n) is 11.2. The van der Waals surface area contributed by atoms with Gasteiger partial charge < -0.3 is 28.5 Å². The molecule has 182 valence electrons. The highest BCUT2D eigenvalue weighted by Gasteiger charge is 2.34. The largest absolute Gasteiger partial charge is 0.508 e. The second-order valence-electron chi connectivity index (χ2n) is 11.5. The lowest BCUT2D eigenvalue weighted by atomic mass is 9.81. The molecule has 0 bridgehead atoms. The number of hydrogen-bond acceptors (Lipinski definition) is 6. The standard InChI is InChI=1S/C26H37O6P/c1-24(2,3)20-13-17(29-9)12-18(22(20)28)19-10-16(27)11-21(25(4,5)6)23(19)32-33-30-14-26(7,8)15-31-33/h10-13,27-28H,14-15H2,1-9H3. The van der Waals surface area contributed by atoms with Gasteiger partial charge in [-0.05, 0) is 35.1 Å². The first-order chi connectivity index (χ1) is 15.1. The third kappa shape index (κ3) is 5.74. The Morgan fingerprint density at radius 3 is 1.94 bits per heavy atom. The zero-order valence-electron chi connectivity index (χ0n) is 21.2. The predicted octanol–water partition coefficient (Wildman–Crippen LogP) is 7.05. The summed E-state index contributed by atoms with van der Waals surface area (Å²) in [5.41, 5.74) is 1.83. The molecular weight excluding hydrogens is 439 g/mol. The van der Waals surface area contributed by atoms with Gasteiger partial charge in [-0.25, -0.2) is 0 Å². The summed E-state index contributed by atoms with van der Waals surface area (Å²) in [5.74, 6) is 1.34. The molecule has 0 amide bonds. The predicted molar refractivity (Wildman–Crippen MR) is 132 cm³/mol. The number of aromatic hydroxyl groups is 2. The third-order valence-corrected chi connectivity index (χ3v) is 6.60. The van der Waals surface area contributed by atoms with E-state index >= 15 is 0 Å². The van der Waals surface area contributed by atoms with Gasteiger partial charge in [-0.2, -0.15) is 0 Å². The van der Waals surface area contributed by atoms with Crippen molar-refractivity contribution in [1.29, 1.82) is 0 Å². The van der Waals surface area contributed by atoms with Gasteiger partial charge in [0.1, 0.15) is 23.0 Å². The maximum absolute atomic E-state index is 11.3. The molecule has 1 heterocycles. The first-order valence-corrected chi connectivity index (χ1v) is 12.3. The van der Waals surface area contributed by atoms with Crippen LogP contribution in [0.15, 0.2) is 24.3 Å².